The predicted octanol–water partition coefficient (Wildman–Crippen LogP) is 6.43. The fraction of sp³-hybridized carbons (Fsp3) is 0.296. The van der Waals surface area contributed by atoms with Crippen molar-refractivity contribution in [1.29, 1.82) is 0 Å². The Morgan fingerprint density at radius 2 is 1.65 bits per heavy atom. The van der Waals surface area contributed by atoms with E-state index in [-0.39, 0.29) is 0 Å². The standard InChI is InChI=1S/C27H30N2O2/c1-19(2)22-9-5-8-12-25(22)30-16-15-29-24-11-7-6-10-23(24)28-27(29)18-31-26-17-20(3)13-14-21(26)4/h5-14,17,19H,15-16,18H2,1-4H3. The van der Waals surface area contributed by atoms with Crippen LogP contribution >= 0.6 is 0 Å². The number of ether oxygens (including phenoxy) is 2. The molecule has 1 aromatic heterocycles. The molecule has 0 aliphatic rings. The quantitative estimate of drug-likeness (QED) is 0.333. The Balaban J connectivity index is 1.53. The molecule has 31 heavy (non-hydrogen) atoms. The average molecular weight is 415 g/mol. The van der Waals surface area contributed by atoms with Gasteiger partial charge in [-0.15, -0.1) is 0 Å². The maximum absolute atomic E-state index is 6.18. The fourth-order valence-electron chi connectivity index (χ4n) is 3.83. The Kier molecular flexibility index (Phi) is 6.26. The summed E-state index contributed by atoms with van der Waals surface area (Å²) in [4.78, 5) is 4.83. The Morgan fingerprint density at radius 3 is 2.48 bits per heavy atom. The van der Waals surface area contributed by atoms with Crippen molar-refractivity contribution in [2.75, 3.05) is 6.61 Å². The van der Waals surface area contributed by atoms with Gasteiger partial charge in [0, 0.05) is 0 Å². The summed E-state index contributed by atoms with van der Waals surface area (Å²) in [6.45, 7) is 10.2. The molecule has 0 saturated heterocycles. The number of imidazole rings is 1. The number of aromatic nitrogens is 2. The van der Waals surface area contributed by atoms with Crippen molar-refractivity contribution in [2.24, 2.45) is 0 Å². The number of hydrogen-bond acceptors (Lipinski definition) is 3. The third-order valence-electron chi connectivity index (χ3n) is 5.55. The molecular weight excluding hydrogens is 384 g/mol. The summed E-state index contributed by atoms with van der Waals surface area (Å²) in [5.41, 5.74) is 5.62. The lowest BCUT2D eigenvalue weighted by Crippen LogP contribution is -2.13. The van der Waals surface area contributed by atoms with Gasteiger partial charge < -0.3 is 14.0 Å². The van der Waals surface area contributed by atoms with E-state index in [1.165, 1.54) is 11.1 Å². The topological polar surface area (TPSA) is 36.3 Å². The molecule has 160 valence electrons. The lowest BCUT2D eigenvalue weighted by molar-refractivity contribution is 0.270. The van der Waals surface area contributed by atoms with Gasteiger partial charge >= 0.3 is 0 Å². The van der Waals surface area contributed by atoms with Gasteiger partial charge in [-0.3, -0.25) is 0 Å². The molecule has 0 saturated carbocycles. The monoisotopic (exact) mass is 414 g/mol. The summed E-state index contributed by atoms with van der Waals surface area (Å²) in [6, 6.07) is 22.8. The molecule has 4 nitrogen and oxygen atoms in total. The van der Waals surface area contributed by atoms with Gasteiger partial charge in [0.2, 0.25) is 0 Å². The van der Waals surface area contributed by atoms with Crippen molar-refractivity contribution < 1.29 is 9.47 Å². The first-order valence-corrected chi connectivity index (χ1v) is 10.9. The van der Waals surface area contributed by atoms with Crippen LogP contribution in [0.5, 0.6) is 11.5 Å². The second-order valence-corrected chi connectivity index (χ2v) is 8.27. The van der Waals surface area contributed by atoms with Gasteiger partial charge in [0.15, 0.2) is 0 Å². The Labute approximate surface area is 184 Å². The predicted molar refractivity (Wildman–Crippen MR) is 126 cm³/mol. The van der Waals surface area contributed by atoms with E-state index >= 15 is 0 Å². The SMILES string of the molecule is Cc1ccc(C)c(OCc2nc3ccccc3n2CCOc2ccccc2C(C)C)c1. The maximum atomic E-state index is 6.18. The molecule has 0 fully saturated rings. The number of benzene rings is 3. The number of aryl methyl sites for hydroxylation is 2. The largest absolute Gasteiger partial charge is 0.491 e. The molecule has 0 spiro atoms. The van der Waals surface area contributed by atoms with Crippen LogP contribution in [0, 0.1) is 13.8 Å². The second kappa shape index (κ2) is 9.25. The highest BCUT2D eigenvalue weighted by Gasteiger charge is 2.13. The zero-order chi connectivity index (χ0) is 21.8. The molecule has 4 rings (SSSR count). The van der Waals surface area contributed by atoms with Crippen molar-refractivity contribution in [2.45, 2.75) is 46.8 Å². The summed E-state index contributed by atoms with van der Waals surface area (Å²) in [5.74, 6) is 3.19. The number of rotatable bonds is 8. The molecule has 0 aliphatic carbocycles. The highest BCUT2D eigenvalue weighted by molar-refractivity contribution is 5.75. The van der Waals surface area contributed by atoms with Crippen molar-refractivity contribution in [3.63, 3.8) is 0 Å². The maximum Gasteiger partial charge on any atom is 0.148 e. The molecule has 0 unspecified atom stereocenters. The van der Waals surface area contributed by atoms with Gasteiger partial charge in [-0.25, -0.2) is 4.98 Å². The Bertz CT molecular complexity index is 1180. The fourth-order valence-corrected chi connectivity index (χ4v) is 3.83. The molecule has 4 aromatic rings. The van der Waals surface area contributed by atoms with E-state index in [1.807, 2.05) is 30.3 Å². The third kappa shape index (κ3) is 4.74. The van der Waals surface area contributed by atoms with Crippen LogP contribution in [0.4, 0.5) is 0 Å². The Morgan fingerprint density at radius 1 is 0.871 bits per heavy atom. The van der Waals surface area contributed by atoms with Crippen LogP contribution in [-0.2, 0) is 13.2 Å². The summed E-state index contributed by atoms with van der Waals surface area (Å²) in [5, 5.41) is 0. The lowest BCUT2D eigenvalue weighted by atomic mass is 10.0. The highest BCUT2D eigenvalue weighted by atomic mass is 16.5. The van der Waals surface area contributed by atoms with Crippen LogP contribution in [-0.4, -0.2) is 16.2 Å². The number of nitrogens with zero attached hydrogens (tertiary/aromatic N) is 2. The zero-order valence-corrected chi connectivity index (χ0v) is 18.8. The van der Waals surface area contributed by atoms with Gasteiger partial charge in [-0.05, 0) is 60.7 Å². The zero-order valence-electron chi connectivity index (χ0n) is 18.8. The van der Waals surface area contributed by atoms with E-state index in [9.17, 15) is 0 Å². The summed E-state index contributed by atoms with van der Waals surface area (Å²) in [6.07, 6.45) is 0. The van der Waals surface area contributed by atoms with Gasteiger partial charge in [0.25, 0.3) is 0 Å². The normalized spacial score (nSPS) is 11.3. The Hall–Kier alpha value is -3.27. The first kappa shape index (κ1) is 21.0. The molecule has 0 N–H and O–H groups in total. The minimum atomic E-state index is 0.418. The van der Waals surface area contributed by atoms with Crippen LogP contribution < -0.4 is 9.47 Å². The van der Waals surface area contributed by atoms with Gasteiger partial charge in [-0.1, -0.05) is 56.3 Å². The number of hydrogen-bond donors (Lipinski definition) is 0. The van der Waals surface area contributed by atoms with Crippen molar-refractivity contribution >= 4 is 11.0 Å². The molecular formula is C27H30N2O2. The van der Waals surface area contributed by atoms with Crippen LogP contribution in [0.2, 0.25) is 0 Å². The summed E-state index contributed by atoms with van der Waals surface area (Å²) >= 11 is 0. The molecule has 0 aliphatic heterocycles. The smallest absolute Gasteiger partial charge is 0.148 e. The molecule has 0 bridgehead atoms. The van der Waals surface area contributed by atoms with E-state index in [4.69, 9.17) is 14.5 Å². The van der Waals surface area contributed by atoms with Gasteiger partial charge in [0.1, 0.15) is 30.5 Å². The van der Waals surface area contributed by atoms with Crippen molar-refractivity contribution in [3.8, 4) is 11.5 Å². The van der Waals surface area contributed by atoms with E-state index in [0.717, 1.165) is 33.9 Å². The van der Waals surface area contributed by atoms with Crippen LogP contribution in [0.3, 0.4) is 0 Å². The number of para-hydroxylation sites is 3. The lowest BCUT2D eigenvalue weighted by Gasteiger charge is -2.15. The van der Waals surface area contributed by atoms with Crippen LogP contribution in [0.1, 0.15) is 42.3 Å². The van der Waals surface area contributed by atoms with E-state index in [2.05, 4.69) is 68.7 Å². The van der Waals surface area contributed by atoms with Gasteiger partial charge in [-0.2, -0.15) is 0 Å². The minimum Gasteiger partial charge on any atom is -0.491 e. The van der Waals surface area contributed by atoms with Crippen molar-refractivity contribution in [3.05, 3.63) is 89.2 Å². The summed E-state index contributed by atoms with van der Waals surface area (Å²) in [7, 11) is 0. The first-order chi connectivity index (χ1) is 15.0. The molecule has 3 aromatic carbocycles. The molecule has 0 atom stereocenters. The molecule has 4 heteroatoms. The minimum absolute atomic E-state index is 0.418. The first-order valence-electron chi connectivity index (χ1n) is 10.9. The van der Waals surface area contributed by atoms with Crippen LogP contribution in [0.25, 0.3) is 11.0 Å². The molecule has 0 amide bonds. The average Bonchev–Trinajstić information content (AvgIpc) is 3.12. The highest BCUT2D eigenvalue weighted by Crippen LogP contribution is 2.26. The van der Waals surface area contributed by atoms with Crippen molar-refractivity contribution in [1.82, 2.24) is 9.55 Å². The van der Waals surface area contributed by atoms with E-state index in [0.29, 0.717) is 25.7 Å². The molecule has 0 radical (unpaired) electrons. The van der Waals surface area contributed by atoms with Gasteiger partial charge in [0.05, 0.1) is 17.6 Å². The third-order valence-corrected chi connectivity index (χ3v) is 5.55. The van der Waals surface area contributed by atoms with Crippen LogP contribution in [0.15, 0.2) is 66.7 Å². The summed E-state index contributed by atoms with van der Waals surface area (Å²) < 4.78 is 14.6. The van der Waals surface area contributed by atoms with E-state index in [1.54, 1.807) is 0 Å². The number of fused-ring (bicyclic) bond motifs is 1. The second-order valence-electron chi connectivity index (χ2n) is 8.27. The van der Waals surface area contributed by atoms with E-state index < -0.39 is 0 Å². The molecule has 1 heterocycles.